The van der Waals surface area contributed by atoms with Gasteiger partial charge in [0.25, 0.3) is 0 Å². The molecule has 3 aromatic rings. The molecular formula is C16H22BrN5OSi. The van der Waals surface area contributed by atoms with Gasteiger partial charge in [-0.15, -0.1) is 0 Å². The van der Waals surface area contributed by atoms with Crippen LogP contribution in [0.3, 0.4) is 0 Å². The fourth-order valence-electron chi connectivity index (χ4n) is 2.43. The van der Waals surface area contributed by atoms with Crippen LogP contribution in [0.4, 0.5) is 0 Å². The molecule has 6 nitrogen and oxygen atoms in total. The third-order valence-electron chi connectivity index (χ3n) is 3.82. The Hall–Kier alpha value is -1.51. The molecule has 0 aliphatic carbocycles. The van der Waals surface area contributed by atoms with E-state index in [1.54, 1.807) is 12.4 Å². The first-order valence-corrected chi connectivity index (χ1v) is 12.4. The number of halogens is 1. The van der Waals surface area contributed by atoms with Gasteiger partial charge in [-0.3, -0.25) is 9.25 Å². The van der Waals surface area contributed by atoms with Gasteiger partial charge in [-0.1, -0.05) is 19.6 Å². The third-order valence-corrected chi connectivity index (χ3v) is 5.96. The van der Waals surface area contributed by atoms with Crippen LogP contribution in [-0.2, 0) is 18.5 Å². The van der Waals surface area contributed by atoms with Crippen molar-refractivity contribution in [3.8, 4) is 11.5 Å². The number of rotatable bonds is 6. The van der Waals surface area contributed by atoms with Crippen LogP contribution >= 0.6 is 15.9 Å². The minimum atomic E-state index is -1.10. The summed E-state index contributed by atoms with van der Waals surface area (Å²) in [5.74, 6) is 0.823. The van der Waals surface area contributed by atoms with Crippen LogP contribution in [0.25, 0.3) is 22.7 Å². The number of imidazole rings is 1. The quantitative estimate of drug-likeness (QED) is 0.459. The summed E-state index contributed by atoms with van der Waals surface area (Å²) in [6.45, 7) is 8.25. The highest BCUT2D eigenvalue weighted by atomic mass is 79.9. The number of pyridine rings is 1. The SMILES string of the molecule is Cn1nccc1-c1nc2cc(Br)cnc2n1COCC[Si](C)(C)C. The zero-order valence-corrected chi connectivity index (χ0v) is 17.0. The summed E-state index contributed by atoms with van der Waals surface area (Å²) >= 11 is 3.46. The molecule has 0 fully saturated rings. The molecule has 0 aliphatic rings. The summed E-state index contributed by atoms with van der Waals surface area (Å²) in [6, 6.07) is 5.06. The minimum absolute atomic E-state index is 0.441. The molecule has 3 heterocycles. The molecule has 0 amide bonds. The first kappa shape index (κ1) is 17.3. The van der Waals surface area contributed by atoms with Gasteiger partial charge in [0.2, 0.25) is 0 Å². The molecule has 0 bridgehead atoms. The number of hydrogen-bond acceptors (Lipinski definition) is 4. The number of fused-ring (bicyclic) bond motifs is 1. The summed E-state index contributed by atoms with van der Waals surface area (Å²) in [5.41, 5.74) is 2.61. The number of hydrogen-bond donors (Lipinski definition) is 0. The second-order valence-corrected chi connectivity index (χ2v) is 13.6. The van der Waals surface area contributed by atoms with Gasteiger partial charge in [0.05, 0.1) is 0 Å². The lowest BCUT2D eigenvalue weighted by molar-refractivity contribution is 0.0905. The summed E-state index contributed by atoms with van der Waals surface area (Å²) in [6.07, 6.45) is 3.56. The topological polar surface area (TPSA) is 57.8 Å². The van der Waals surface area contributed by atoms with Gasteiger partial charge in [-0.2, -0.15) is 5.10 Å². The molecule has 0 aliphatic heterocycles. The van der Waals surface area contributed by atoms with Gasteiger partial charge in [0.15, 0.2) is 11.5 Å². The van der Waals surface area contributed by atoms with Crippen molar-refractivity contribution in [1.82, 2.24) is 24.3 Å². The van der Waals surface area contributed by atoms with E-state index < -0.39 is 8.07 Å². The minimum Gasteiger partial charge on any atom is -0.361 e. The molecule has 0 unspecified atom stereocenters. The highest BCUT2D eigenvalue weighted by Gasteiger charge is 2.17. The van der Waals surface area contributed by atoms with Crippen molar-refractivity contribution < 1.29 is 4.74 Å². The van der Waals surface area contributed by atoms with Gasteiger partial charge in [0, 0.05) is 38.6 Å². The highest BCUT2D eigenvalue weighted by Crippen LogP contribution is 2.25. The van der Waals surface area contributed by atoms with E-state index in [1.807, 2.05) is 28.4 Å². The van der Waals surface area contributed by atoms with Gasteiger partial charge < -0.3 is 4.74 Å². The van der Waals surface area contributed by atoms with Crippen molar-refractivity contribution in [2.45, 2.75) is 32.4 Å². The molecule has 3 rings (SSSR count). The number of aryl methyl sites for hydroxylation is 1. The maximum absolute atomic E-state index is 5.95. The van der Waals surface area contributed by atoms with E-state index in [0.717, 1.165) is 39.8 Å². The molecule has 0 N–H and O–H groups in total. The van der Waals surface area contributed by atoms with Crippen molar-refractivity contribution in [2.24, 2.45) is 7.05 Å². The van der Waals surface area contributed by atoms with Crippen LogP contribution in [0.5, 0.6) is 0 Å². The Labute approximate surface area is 151 Å². The molecule has 24 heavy (non-hydrogen) atoms. The molecular weight excluding hydrogens is 386 g/mol. The lowest BCUT2D eigenvalue weighted by Gasteiger charge is -2.16. The van der Waals surface area contributed by atoms with E-state index in [-0.39, 0.29) is 0 Å². The van der Waals surface area contributed by atoms with Crippen LogP contribution in [0.2, 0.25) is 25.7 Å². The molecule has 0 atom stereocenters. The fourth-order valence-corrected chi connectivity index (χ4v) is 3.51. The molecule has 0 aromatic carbocycles. The lowest BCUT2D eigenvalue weighted by Crippen LogP contribution is -2.22. The van der Waals surface area contributed by atoms with Crippen LogP contribution in [0.1, 0.15) is 0 Å². The van der Waals surface area contributed by atoms with E-state index in [2.05, 4.69) is 45.7 Å². The Kier molecular flexibility index (Phi) is 4.89. The Balaban J connectivity index is 1.93. The van der Waals surface area contributed by atoms with Crippen molar-refractivity contribution in [2.75, 3.05) is 6.61 Å². The fraction of sp³-hybridized carbons (Fsp3) is 0.438. The van der Waals surface area contributed by atoms with E-state index in [4.69, 9.17) is 9.72 Å². The predicted octanol–water partition coefficient (Wildman–Crippen LogP) is 3.91. The predicted molar refractivity (Wildman–Crippen MR) is 102 cm³/mol. The van der Waals surface area contributed by atoms with Crippen LogP contribution < -0.4 is 0 Å². The van der Waals surface area contributed by atoms with Crippen molar-refractivity contribution >= 4 is 35.2 Å². The first-order valence-electron chi connectivity index (χ1n) is 7.93. The van der Waals surface area contributed by atoms with Crippen molar-refractivity contribution in [3.05, 3.63) is 29.0 Å². The van der Waals surface area contributed by atoms with Crippen LogP contribution in [0, 0.1) is 0 Å². The summed E-state index contributed by atoms with van der Waals surface area (Å²) in [4.78, 5) is 9.26. The van der Waals surface area contributed by atoms with Crippen molar-refractivity contribution in [3.63, 3.8) is 0 Å². The number of nitrogens with zero attached hydrogens (tertiary/aromatic N) is 5. The van der Waals surface area contributed by atoms with E-state index >= 15 is 0 Å². The summed E-state index contributed by atoms with van der Waals surface area (Å²) in [7, 11) is 0.809. The third kappa shape index (κ3) is 3.76. The maximum atomic E-state index is 5.95. The monoisotopic (exact) mass is 407 g/mol. The molecule has 8 heteroatoms. The second kappa shape index (κ2) is 6.77. The van der Waals surface area contributed by atoms with Gasteiger partial charge in [0.1, 0.15) is 17.9 Å². The van der Waals surface area contributed by atoms with E-state index in [1.165, 1.54) is 0 Å². The lowest BCUT2D eigenvalue weighted by atomic mass is 10.4. The molecule has 3 aromatic heterocycles. The van der Waals surface area contributed by atoms with Gasteiger partial charge in [-0.25, -0.2) is 9.97 Å². The highest BCUT2D eigenvalue weighted by molar-refractivity contribution is 9.10. The average molecular weight is 408 g/mol. The van der Waals surface area contributed by atoms with E-state index in [9.17, 15) is 0 Å². The van der Waals surface area contributed by atoms with Gasteiger partial charge >= 0.3 is 0 Å². The molecule has 0 spiro atoms. The maximum Gasteiger partial charge on any atom is 0.162 e. The average Bonchev–Trinajstić information content (AvgIpc) is 3.05. The Bertz CT molecular complexity index is 852. The van der Waals surface area contributed by atoms with E-state index in [0.29, 0.717) is 6.73 Å². The largest absolute Gasteiger partial charge is 0.361 e. The second-order valence-electron chi connectivity index (χ2n) is 7.05. The van der Waals surface area contributed by atoms with Gasteiger partial charge in [-0.05, 0) is 34.1 Å². The van der Waals surface area contributed by atoms with Crippen LogP contribution in [0.15, 0.2) is 29.0 Å². The standard InChI is InChI=1S/C16H22BrN5OSi/c1-21-14(5-6-19-21)16-20-13-9-12(17)10-18-15(13)22(16)11-23-7-8-24(2,3)4/h5-6,9-10H,7-8,11H2,1-4H3. The zero-order chi connectivity index (χ0) is 17.3. The molecule has 0 saturated heterocycles. The van der Waals surface area contributed by atoms with Crippen LogP contribution in [-0.4, -0.2) is 39.0 Å². The molecule has 0 saturated carbocycles. The number of ether oxygens (including phenoxy) is 1. The Morgan fingerprint density at radius 3 is 2.75 bits per heavy atom. The molecule has 0 radical (unpaired) electrons. The Morgan fingerprint density at radius 2 is 2.08 bits per heavy atom. The smallest absolute Gasteiger partial charge is 0.162 e. The first-order chi connectivity index (χ1) is 11.3. The summed E-state index contributed by atoms with van der Waals surface area (Å²) in [5, 5.41) is 4.25. The molecule has 128 valence electrons. The Morgan fingerprint density at radius 1 is 1.29 bits per heavy atom. The number of aromatic nitrogens is 5. The normalized spacial score (nSPS) is 12.2. The zero-order valence-electron chi connectivity index (χ0n) is 14.5. The summed E-state index contributed by atoms with van der Waals surface area (Å²) < 4.78 is 10.7. The van der Waals surface area contributed by atoms with Crippen molar-refractivity contribution in [1.29, 1.82) is 0 Å².